The van der Waals surface area contributed by atoms with Crippen molar-refractivity contribution in [1.29, 1.82) is 0 Å². The van der Waals surface area contributed by atoms with E-state index in [0.717, 1.165) is 37.3 Å². The van der Waals surface area contributed by atoms with Crippen molar-refractivity contribution >= 4 is 11.8 Å². The highest BCUT2D eigenvalue weighted by atomic mass is 32.2. The lowest BCUT2D eigenvalue weighted by atomic mass is 9.85. The van der Waals surface area contributed by atoms with Gasteiger partial charge in [0.2, 0.25) is 0 Å². The second kappa shape index (κ2) is 7.65. The third kappa shape index (κ3) is 4.02. The van der Waals surface area contributed by atoms with Crippen LogP contribution < -0.4 is 5.32 Å². The molecule has 2 atom stereocenters. The van der Waals surface area contributed by atoms with E-state index in [4.69, 9.17) is 0 Å². The number of aliphatic hydroxyl groups is 1. The summed E-state index contributed by atoms with van der Waals surface area (Å²) in [5.74, 6) is 1.69. The molecule has 0 spiro atoms. The molecule has 1 aromatic heterocycles. The van der Waals surface area contributed by atoms with Crippen molar-refractivity contribution in [3.8, 4) is 0 Å². The summed E-state index contributed by atoms with van der Waals surface area (Å²) >= 11 is 1.88. The molecule has 1 aliphatic rings. The van der Waals surface area contributed by atoms with Gasteiger partial charge in [-0.3, -0.25) is 4.68 Å². The number of nitrogens with one attached hydrogen (secondary N) is 1. The average Bonchev–Trinajstić information content (AvgIpc) is 3.01. The van der Waals surface area contributed by atoms with Gasteiger partial charge in [0.1, 0.15) is 0 Å². The van der Waals surface area contributed by atoms with Crippen LogP contribution in [-0.4, -0.2) is 39.3 Å². The quantitative estimate of drug-likeness (QED) is 0.725. The minimum absolute atomic E-state index is 0.0288. The second-order valence-corrected chi connectivity index (χ2v) is 7.33. The molecule has 4 nitrogen and oxygen atoms in total. The van der Waals surface area contributed by atoms with Crippen LogP contribution in [-0.2, 0) is 7.05 Å². The van der Waals surface area contributed by atoms with Gasteiger partial charge in [0.25, 0.3) is 0 Å². The van der Waals surface area contributed by atoms with E-state index >= 15 is 0 Å². The zero-order valence-corrected chi connectivity index (χ0v) is 14.4. The highest BCUT2D eigenvalue weighted by Crippen LogP contribution is 2.39. The van der Waals surface area contributed by atoms with Gasteiger partial charge >= 0.3 is 0 Å². The minimum atomic E-state index is -0.0288. The summed E-state index contributed by atoms with van der Waals surface area (Å²) in [7, 11) is 2.01. The first-order valence-electron chi connectivity index (χ1n) is 8.10. The molecular weight excluding hydrogens is 282 g/mol. The number of aromatic nitrogens is 2. The summed E-state index contributed by atoms with van der Waals surface area (Å²) < 4.78 is 1.96. The molecule has 0 aliphatic heterocycles. The molecule has 120 valence electrons. The normalized spacial score (nSPS) is 25.6. The first kappa shape index (κ1) is 16.8. The van der Waals surface area contributed by atoms with Gasteiger partial charge in [-0.2, -0.15) is 5.10 Å². The third-order valence-electron chi connectivity index (χ3n) is 4.64. The highest BCUT2D eigenvalue weighted by Gasteiger charge is 2.41. The number of hydrogen-bond donors (Lipinski definition) is 2. The SMILES string of the molecule is CCCNC1(CO)CCCC1CCSc1cc(C)nn1C. The molecule has 21 heavy (non-hydrogen) atoms. The van der Waals surface area contributed by atoms with Crippen LogP contribution in [0, 0.1) is 12.8 Å². The Bertz CT molecular complexity index is 449. The third-order valence-corrected chi connectivity index (χ3v) is 5.76. The van der Waals surface area contributed by atoms with Gasteiger partial charge in [-0.05, 0) is 56.9 Å². The van der Waals surface area contributed by atoms with Gasteiger partial charge in [0.15, 0.2) is 0 Å². The molecule has 0 radical (unpaired) electrons. The maximum Gasteiger partial charge on any atom is 0.0939 e. The fraction of sp³-hybridized carbons (Fsp3) is 0.812. The van der Waals surface area contributed by atoms with E-state index in [1.165, 1.54) is 17.9 Å². The van der Waals surface area contributed by atoms with Crippen LogP contribution >= 0.6 is 11.8 Å². The van der Waals surface area contributed by atoms with Gasteiger partial charge < -0.3 is 10.4 Å². The van der Waals surface area contributed by atoms with Crippen molar-refractivity contribution in [2.45, 2.75) is 56.5 Å². The van der Waals surface area contributed by atoms with E-state index in [0.29, 0.717) is 5.92 Å². The van der Waals surface area contributed by atoms with Gasteiger partial charge in [-0.25, -0.2) is 0 Å². The van der Waals surface area contributed by atoms with Crippen LogP contribution in [0.1, 0.15) is 44.7 Å². The topological polar surface area (TPSA) is 50.1 Å². The summed E-state index contributed by atoms with van der Waals surface area (Å²) in [6.07, 6.45) is 5.87. The molecule has 1 heterocycles. The van der Waals surface area contributed by atoms with E-state index in [2.05, 4.69) is 23.4 Å². The van der Waals surface area contributed by atoms with Crippen LogP contribution in [0.4, 0.5) is 0 Å². The van der Waals surface area contributed by atoms with Crippen molar-refractivity contribution in [2.75, 3.05) is 18.9 Å². The lowest BCUT2D eigenvalue weighted by Crippen LogP contribution is -2.51. The molecule has 2 unspecified atom stereocenters. The number of hydrogen-bond acceptors (Lipinski definition) is 4. The Morgan fingerprint density at radius 2 is 2.38 bits per heavy atom. The molecule has 0 saturated heterocycles. The predicted molar refractivity (Wildman–Crippen MR) is 88.7 cm³/mol. The summed E-state index contributed by atoms with van der Waals surface area (Å²) in [5, 5.41) is 19.2. The molecule has 1 aliphatic carbocycles. The Kier molecular flexibility index (Phi) is 6.14. The van der Waals surface area contributed by atoms with E-state index < -0.39 is 0 Å². The Hall–Kier alpha value is -0.520. The van der Waals surface area contributed by atoms with Gasteiger partial charge in [-0.15, -0.1) is 11.8 Å². The lowest BCUT2D eigenvalue weighted by molar-refractivity contribution is 0.122. The molecule has 1 saturated carbocycles. The van der Waals surface area contributed by atoms with Gasteiger partial charge in [0.05, 0.1) is 17.3 Å². The Balaban J connectivity index is 1.87. The van der Waals surface area contributed by atoms with Crippen molar-refractivity contribution in [3.63, 3.8) is 0 Å². The number of nitrogens with zero attached hydrogens (tertiary/aromatic N) is 2. The van der Waals surface area contributed by atoms with E-state index in [9.17, 15) is 5.11 Å². The number of aliphatic hydroxyl groups excluding tert-OH is 1. The first-order valence-corrected chi connectivity index (χ1v) is 9.09. The predicted octanol–water partition coefficient (Wildman–Crippen LogP) is 2.74. The zero-order chi connectivity index (χ0) is 15.3. The molecule has 1 fully saturated rings. The molecule has 2 rings (SSSR count). The number of rotatable bonds is 8. The van der Waals surface area contributed by atoms with E-state index in [1.807, 2.05) is 30.4 Å². The van der Waals surface area contributed by atoms with Crippen LogP contribution in [0.2, 0.25) is 0 Å². The summed E-state index contributed by atoms with van der Waals surface area (Å²) in [4.78, 5) is 0. The summed E-state index contributed by atoms with van der Waals surface area (Å²) in [6.45, 7) is 5.49. The van der Waals surface area contributed by atoms with Crippen molar-refractivity contribution in [3.05, 3.63) is 11.8 Å². The first-order chi connectivity index (χ1) is 10.1. The Morgan fingerprint density at radius 3 is 3.00 bits per heavy atom. The average molecular weight is 311 g/mol. The number of aryl methyl sites for hydroxylation is 2. The van der Waals surface area contributed by atoms with E-state index in [1.54, 1.807) is 0 Å². The summed E-state index contributed by atoms with van der Waals surface area (Å²) in [5.41, 5.74) is 1.05. The van der Waals surface area contributed by atoms with Crippen molar-refractivity contribution < 1.29 is 5.11 Å². The zero-order valence-electron chi connectivity index (χ0n) is 13.6. The standard InChI is InChI=1S/C16H29N3OS/c1-4-9-17-16(12-20)8-5-6-14(16)7-10-21-15-11-13(2)18-19(15)3/h11,14,17,20H,4-10,12H2,1-3H3. The monoisotopic (exact) mass is 311 g/mol. The molecule has 0 amide bonds. The van der Waals surface area contributed by atoms with E-state index in [-0.39, 0.29) is 12.1 Å². The molecule has 2 N–H and O–H groups in total. The fourth-order valence-corrected chi connectivity index (χ4v) is 4.56. The largest absolute Gasteiger partial charge is 0.394 e. The smallest absolute Gasteiger partial charge is 0.0939 e. The van der Waals surface area contributed by atoms with Crippen molar-refractivity contribution in [1.82, 2.24) is 15.1 Å². The summed E-state index contributed by atoms with van der Waals surface area (Å²) in [6, 6.07) is 2.15. The van der Waals surface area contributed by atoms with Crippen LogP contribution in [0.3, 0.4) is 0 Å². The molecule has 5 heteroatoms. The van der Waals surface area contributed by atoms with Gasteiger partial charge in [-0.1, -0.05) is 13.3 Å². The fourth-order valence-electron chi connectivity index (χ4n) is 3.46. The minimum Gasteiger partial charge on any atom is -0.394 e. The lowest BCUT2D eigenvalue weighted by Gasteiger charge is -2.35. The maximum absolute atomic E-state index is 9.89. The maximum atomic E-state index is 9.89. The van der Waals surface area contributed by atoms with Crippen LogP contribution in [0.5, 0.6) is 0 Å². The highest BCUT2D eigenvalue weighted by molar-refractivity contribution is 7.99. The van der Waals surface area contributed by atoms with Crippen LogP contribution in [0.25, 0.3) is 0 Å². The Labute approximate surface area is 132 Å². The molecule has 1 aromatic rings. The molecule has 0 bridgehead atoms. The number of thioether (sulfide) groups is 1. The van der Waals surface area contributed by atoms with Crippen LogP contribution in [0.15, 0.2) is 11.1 Å². The molecule has 0 aromatic carbocycles. The van der Waals surface area contributed by atoms with Gasteiger partial charge in [0, 0.05) is 12.6 Å². The second-order valence-electron chi connectivity index (χ2n) is 6.21. The van der Waals surface area contributed by atoms with Crippen molar-refractivity contribution in [2.24, 2.45) is 13.0 Å². The molecular formula is C16H29N3OS. The Morgan fingerprint density at radius 1 is 1.57 bits per heavy atom.